The molecule has 6 nitrogen and oxygen atoms in total. The number of imidazole rings is 1. The van der Waals surface area contributed by atoms with Crippen molar-refractivity contribution >= 4 is 55.2 Å². The Hall–Kier alpha value is -2.64. The second kappa shape index (κ2) is 5.53. The number of carbonyl (C=O) groups excluding carboxylic acids is 1. The van der Waals surface area contributed by atoms with Crippen LogP contribution in [0.15, 0.2) is 42.5 Å². The molecule has 0 radical (unpaired) electrons. The molecule has 0 atom stereocenters. The molecular formula is C15H10ClN5OS. The summed E-state index contributed by atoms with van der Waals surface area (Å²) >= 11 is 7.49. The molecule has 0 spiro atoms. The standard InChI is InChI=1S/C15H10ClN5OS/c16-8-4-3-7-11-12(8)19-15(23-11)21-20-14(22)13-17-9-5-1-2-6-10(9)18-13/h1-7H,(H,17,18)(H,19,21)(H,20,22). The number of rotatable bonds is 3. The topological polar surface area (TPSA) is 82.7 Å². The molecule has 0 aliphatic carbocycles. The predicted octanol–water partition coefficient (Wildman–Crippen LogP) is 3.58. The van der Waals surface area contributed by atoms with Crippen LogP contribution in [0.4, 0.5) is 5.13 Å². The van der Waals surface area contributed by atoms with Crippen LogP contribution in [0, 0.1) is 0 Å². The number of halogens is 1. The third-order valence-corrected chi connectivity index (χ3v) is 4.50. The van der Waals surface area contributed by atoms with Gasteiger partial charge in [-0.1, -0.05) is 41.1 Å². The van der Waals surface area contributed by atoms with Crippen molar-refractivity contribution in [2.45, 2.75) is 0 Å². The van der Waals surface area contributed by atoms with E-state index in [1.54, 1.807) is 6.07 Å². The van der Waals surface area contributed by atoms with Gasteiger partial charge in [-0.15, -0.1) is 0 Å². The fraction of sp³-hybridized carbons (Fsp3) is 0. The second-order valence-electron chi connectivity index (χ2n) is 4.79. The van der Waals surface area contributed by atoms with Crippen LogP contribution in [-0.4, -0.2) is 20.9 Å². The Bertz CT molecular complexity index is 992. The molecule has 114 valence electrons. The molecule has 8 heteroatoms. The molecule has 0 aliphatic rings. The van der Waals surface area contributed by atoms with Gasteiger partial charge in [-0.3, -0.25) is 15.6 Å². The van der Waals surface area contributed by atoms with Crippen LogP contribution < -0.4 is 10.9 Å². The maximum atomic E-state index is 12.2. The van der Waals surface area contributed by atoms with E-state index in [4.69, 9.17) is 11.6 Å². The van der Waals surface area contributed by atoms with Gasteiger partial charge in [-0.25, -0.2) is 9.97 Å². The summed E-state index contributed by atoms with van der Waals surface area (Å²) in [5.41, 5.74) is 7.63. The first kappa shape index (κ1) is 14.0. The maximum Gasteiger partial charge on any atom is 0.305 e. The molecule has 0 bridgehead atoms. The lowest BCUT2D eigenvalue weighted by Gasteiger charge is -2.02. The highest BCUT2D eigenvalue weighted by Gasteiger charge is 2.12. The van der Waals surface area contributed by atoms with Crippen LogP contribution in [-0.2, 0) is 0 Å². The molecule has 3 N–H and O–H groups in total. The lowest BCUT2D eigenvalue weighted by Crippen LogP contribution is -2.30. The van der Waals surface area contributed by atoms with E-state index in [1.165, 1.54) is 11.3 Å². The number of H-pyrrole nitrogens is 1. The average molecular weight is 344 g/mol. The lowest BCUT2D eigenvalue weighted by atomic mass is 10.3. The average Bonchev–Trinajstić information content (AvgIpc) is 3.17. The van der Waals surface area contributed by atoms with E-state index >= 15 is 0 Å². The van der Waals surface area contributed by atoms with Crippen LogP contribution >= 0.6 is 22.9 Å². The Kier molecular flexibility index (Phi) is 3.36. The minimum atomic E-state index is -0.369. The molecular weight excluding hydrogens is 334 g/mol. The van der Waals surface area contributed by atoms with Crippen LogP contribution in [0.25, 0.3) is 21.3 Å². The van der Waals surface area contributed by atoms with Gasteiger partial charge in [-0.2, -0.15) is 0 Å². The Morgan fingerprint density at radius 3 is 2.83 bits per heavy atom. The number of benzene rings is 2. The number of amides is 1. The second-order valence-corrected chi connectivity index (χ2v) is 6.23. The van der Waals surface area contributed by atoms with Crippen molar-refractivity contribution in [3.05, 3.63) is 53.3 Å². The van der Waals surface area contributed by atoms with Crippen molar-refractivity contribution in [2.24, 2.45) is 0 Å². The summed E-state index contributed by atoms with van der Waals surface area (Å²) in [6.45, 7) is 0. The van der Waals surface area contributed by atoms with Gasteiger partial charge >= 0.3 is 5.91 Å². The largest absolute Gasteiger partial charge is 0.334 e. The molecule has 23 heavy (non-hydrogen) atoms. The van der Waals surface area contributed by atoms with Gasteiger partial charge in [0.15, 0.2) is 5.82 Å². The number of fused-ring (bicyclic) bond motifs is 2. The first-order valence-electron chi connectivity index (χ1n) is 6.77. The number of thiazole rings is 1. The molecule has 2 heterocycles. The minimum Gasteiger partial charge on any atom is -0.334 e. The molecule has 0 fully saturated rings. The molecule has 0 saturated heterocycles. The minimum absolute atomic E-state index is 0.234. The summed E-state index contributed by atoms with van der Waals surface area (Å²) in [7, 11) is 0. The Morgan fingerprint density at radius 2 is 2.00 bits per heavy atom. The van der Waals surface area contributed by atoms with E-state index in [9.17, 15) is 4.79 Å². The van der Waals surface area contributed by atoms with Gasteiger partial charge in [0.1, 0.15) is 5.52 Å². The van der Waals surface area contributed by atoms with E-state index < -0.39 is 0 Å². The van der Waals surface area contributed by atoms with E-state index in [1.807, 2.05) is 36.4 Å². The first-order valence-corrected chi connectivity index (χ1v) is 7.96. The summed E-state index contributed by atoms with van der Waals surface area (Å²) in [5, 5.41) is 1.13. The third-order valence-electron chi connectivity index (χ3n) is 3.26. The first-order chi connectivity index (χ1) is 11.2. The smallest absolute Gasteiger partial charge is 0.305 e. The van der Waals surface area contributed by atoms with Crippen molar-refractivity contribution in [1.29, 1.82) is 0 Å². The molecule has 0 aliphatic heterocycles. The zero-order valence-electron chi connectivity index (χ0n) is 11.6. The Balaban J connectivity index is 1.53. The fourth-order valence-corrected chi connectivity index (χ4v) is 3.32. The van der Waals surface area contributed by atoms with E-state index in [2.05, 4.69) is 25.8 Å². The molecule has 2 aromatic carbocycles. The molecule has 4 rings (SSSR count). The van der Waals surface area contributed by atoms with Crippen LogP contribution in [0.1, 0.15) is 10.6 Å². The number of aromatic nitrogens is 3. The van der Waals surface area contributed by atoms with Crippen molar-refractivity contribution in [2.75, 3.05) is 5.43 Å². The maximum absolute atomic E-state index is 12.2. The highest BCUT2D eigenvalue weighted by atomic mass is 35.5. The fourth-order valence-electron chi connectivity index (χ4n) is 2.20. The number of nitrogens with zero attached hydrogens (tertiary/aromatic N) is 2. The Labute approximate surface area is 139 Å². The molecule has 0 unspecified atom stereocenters. The van der Waals surface area contributed by atoms with E-state index in [0.717, 1.165) is 15.7 Å². The summed E-state index contributed by atoms with van der Waals surface area (Å²) in [4.78, 5) is 23.7. The Morgan fingerprint density at radius 1 is 1.13 bits per heavy atom. The quantitative estimate of drug-likeness (QED) is 0.496. The van der Waals surface area contributed by atoms with Gasteiger partial charge in [0.2, 0.25) is 5.13 Å². The van der Waals surface area contributed by atoms with E-state index in [0.29, 0.717) is 15.7 Å². The normalized spacial score (nSPS) is 11.0. The molecule has 2 aromatic heterocycles. The van der Waals surface area contributed by atoms with Gasteiger partial charge in [-0.05, 0) is 24.3 Å². The van der Waals surface area contributed by atoms with Gasteiger partial charge in [0, 0.05) is 0 Å². The van der Waals surface area contributed by atoms with Gasteiger partial charge < -0.3 is 4.98 Å². The lowest BCUT2D eigenvalue weighted by molar-refractivity contribution is 0.0953. The zero-order chi connectivity index (χ0) is 15.8. The van der Waals surface area contributed by atoms with Crippen LogP contribution in [0.3, 0.4) is 0 Å². The number of para-hydroxylation sites is 3. The molecule has 1 amide bonds. The van der Waals surface area contributed by atoms with E-state index in [-0.39, 0.29) is 11.7 Å². The summed E-state index contributed by atoms with van der Waals surface area (Å²) in [5.74, 6) is -0.135. The summed E-state index contributed by atoms with van der Waals surface area (Å²) < 4.78 is 0.943. The highest BCUT2D eigenvalue weighted by molar-refractivity contribution is 7.22. The summed E-state index contributed by atoms with van der Waals surface area (Å²) in [6.07, 6.45) is 0. The molecule has 0 saturated carbocycles. The number of hydrogen-bond acceptors (Lipinski definition) is 5. The van der Waals surface area contributed by atoms with Crippen molar-refractivity contribution in [3.63, 3.8) is 0 Å². The highest BCUT2D eigenvalue weighted by Crippen LogP contribution is 2.30. The van der Waals surface area contributed by atoms with Gasteiger partial charge in [0.05, 0.1) is 20.8 Å². The van der Waals surface area contributed by atoms with Crippen molar-refractivity contribution < 1.29 is 4.79 Å². The van der Waals surface area contributed by atoms with Crippen molar-refractivity contribution in [3.8, 4) is 0 Å². The number of nitrogens with one attached hydrogen (secondary N) is 3. The third kappa shape index (κ3) is 2.60. The summed E-state index contributed by atoms with van der Waals surface area (Å²) in [6, 6.07) is 13.0. The number of carbonyl (C=O) groups is 1. The number of aromatic amines is 1. The monoisotopic (exact) mass is 343 g/mol. The zero-order valence-corrected chi connectivity index (χ0v) is 13.2. The van der Waals surface area contributed by atoms with Crippen molar-refractivity contribution in [1.82, 2.24) is 20.4 Å². The number of hydrogen-bond donors (Lipinski definition) is 3. The number of hydrazine groups is 1. The molecule has 4 aromatic rings. The SMILES string of the molecule is O=C(NNc1nc2c(Cl)cccc2s1)c1nc2ccccc2[nH]1. The predicted molar refractivity (Wildman–Crippen MR) is 91.8 cm³/mol. The van der Waals surface area contributed by atoms with Crippen LogP contribution in [0.2, 0.25) is 5.02 Å². The van der Waals surface area contributed by atoms with Gasteiger partial charge in [0.25, 0.3) is 0 Å². The number of anilines is 1. The van der Waals surface area contributed by atoms with Crippen LogP contribution in [0.5, 0.6) is 0 Å².